The van der Waals surface area contributed by atoms with E-state index in [2.05, 4.69) is 56.1 Å². The van der Waals surface area contributed by atoms with Gasteiger partial charge in [-0.15, -0.1) is 5.10 Å². The van der Waals surface area contributed by atoms with Gasteiger partial charge in [-0.3, -0.25) is 14.6 Å². The number of amides is 1. The highest BCUT2D eigenvalue weighted by atomic mass is 35.5. The Balaban J connectivity index is 1.48. The van der Waals surface area contributed by atoms with E-state index in [1.165, 1.54) is 17.7 Å². The standard InChI is InChI=1S/C30H39ClF2N8O2/c1-6-40-18(2)14-39(15-19(40)3)27-11-24(32)26(12-25(27)35-30(42)23-13-34-29(33)20(4)28(23)31)41-17-21(36-37-41)16-38(5)22-7-9-43-10-8-22/h11-13,17-19,22H,6-10,14-16H2,1-5H3,(H,35,42)/t18-,19+. The van der Waals surface area contributed by atoms with Gasteiger partial charge in [0, 0.05) is 68.8 Å². The van der Waals surface area contributed by atoms with Crippen molar-refractivity contribution in [3.05, 3.63) is 58.1 Å². The Bertz CT molecular complexity index is 1450. The molecule has 1 aromatic carbocycles. The number of likely N-dealkylation sites (N-methyl/N-ethyl adjacent to an activating group) is 1. The molecule has 2 saturated heterocycles. The molecule has 2 atom stereocenters. The van der Waals surface area contributed by atoms with Crippen molar-refractivity contribution >= 4 is 28.9 Å². The predicted octanol–water partition coefficient (Wildman–Crippen LogP) is 4.68. The van der Waals surface area contributed by atoms with Crippen molar-refractivity contribution in [2.75, 3.05) is 50.1 Å². The molecule has 0 bridgehead atoms. The van der Waals surface area contributed by atoms with Crippen LogP contribution in [0.5, 0.6) is 0 Å². The number of carbonyl (C=O) groups excluding carboxylic acids is 1. The lowest BCUT2D eigenvalue weighted by atomic mass is 10.1. The summed E-state index contributed by atoms with van der Waals surface area (Å²) >= 11 is 6.32. The zero-order valence-corrected chi connectivity index (χ0v) is 26.0. The first-order valence-corrected chi connectivity index (χ1v) is 15.1. The van der Waals surface area contributed by atoms with Crippen LogP contribution in [0.25, 0.3) is 5.69 Å². The van der Waals surface area contributed by atoms with Gasteiger partial charge in [0.15, 0.2) is 5.82 Å². The maximum Gasteiger partial charge on any atom is 0.258 e. The number of aromatic nitrogens is 4. The first-order valence-electron chi connectivity index (χ1n) is 14.7. The molecule has 232 valence electrons. The number of piperazine rings is 1. The second-order valence-corrected chi connectivity index (χ2v) is 11.9. The van der Waals surface area contributed by atoms with Crippen molar-refractivity contribution < 1.29 is 18.3 Å². The fourth-order valence-corrected chi connectivity index (χ4v) is 6.39. The SMILES string of the molecule is CCN1[C@H](C)CN(c2cc(F)c(-n3cc(CN(C)C4CCOCC4)nn3)cc2NC(=O)c2cnc(F)c(C)c2Cl)C[C@@H]1C. The topological polar surface area (TPSA) is 91.7 Å². The zero-order chi connectivity index (χ0) is 30.8. The van der Waals surface area contributed by atoms with Crippen LogP contribution in [0.3, 0.4) is 0 Å². The molecule has 2 aliphatic rings. The van der Waals surface area contributed by atoms with Gasteiger partial charge in [0.05, 0.1) is 33.9 Å². The van der Waals surface area contributed by atoms with Gasteiger partial charge in [-0.2, -0.15) is 4.39 Å². The molecule has 5 rings (SSSR count). The minimum absolute atomic E-state index is 0.0223. The molecule has 3 aromatic rings. The normalized spacial score (nSPS) is 20.2. The number of nitrogens with zero attached hydrogens (tertiary/aromatic N) is 7. The van der Waals surface area contributed by atoms with E-state index in [0.717, 1.165) is 38.8 Å². The van der Waals surface area contributed by atoms with Gasteiger partial charge >= 0.3 is 0 Å². The Morgan fingerprint density at radius 2 is 1.86 bits per heavy atom. The van der Waals surface area contributed by atoms with E-state index in [9.17, 15) is 9.18 Å². The Kier molecular flexibility index (Phi) is 9.60. The summed E-state index contributed by atoms with van der Waals surface area (Å²) in [5, 5.41) is 11.4. The third kappa shape index (κ3) is 6.67. The molecule has 1 N–H and O–H groups in total. The quantitative estimate of drug-likeness (QED) is 0.365. The highest BCUT2D eigenvalue weighted by Gasteiger charge is 2.31. The molecular formula is C30H39ClF2N8O2. The van der Waals surface area contributed by atoms with E-state index in [-0.39, 0.29) is 33.9 Å². The minimum atomic E-state index is -0.743. The van der Waals surface area contributed by atoms with Crippen molar-refractivity contribution in [3.8, 4) is 5.69 Å². The van der Waals surface area contributed by atoms with E-state index in [4.69, 9.17) is 16.3 Å². The number of carbonyl (C=O) groups is 1. The summed E-state index contributed by atoms with van der Waals surface area (Å²) in [5.74, 6) is -1.82. The number of benzene rings is 1. The Hall–Kier alpha value is -3.19. The molecule has 2 aromatic heterocycles. The number of ether oxygens (including phenoxy) is 1. The number of hydrogen-bond acceptors (Lipinski definition) is 8. The van der Waals surface area contributed by atoms with E-state index in [1.807, 2.05) is 7.05 Å². The van der Waals surface area contributed by atoms with Crippen LogP contribution < -0.4 is 10.2 Å². The average Bonchev–Trinajstić information content (AvgIpc) is 3.45. The lowest BCUT2D eigenvalue weighted by Crippen LogP contribution is -2.56. The molecular weight excluding hydrogens is 578 g/mol. The van der Waals surface area contributed by atoms with Crippen LogP contribution >= 0.6 is 11.6 Å². The van der Waals surface area contributed by atoms with Crippen molar-refractivity contribution in [1.29, 1.82) is 0 Å². The molecule has 1 amide bonds. The lowest BCUT2D eigenvalue weighted by molar-refractivity contribution is 0.0403. The summed E-state index contributed by atoms with van der Waals surface area (Å²) in [7, 11) is 2.04. The van der Waals surface area contributed by atoms with Crippen molar-refractivity contribution in [2.45, 2.75) is 65.2 Å². The highest BCUT2D eigenvalue weighted by Crippen LogP contribution is 2.34. The van der Waals surface area contributed by atoms with E-state index < -0.39 is 17.7 Å². The first-order chi connectivity index (χ1) is 20.6. The van der Waals surface area contributed by atoms with Crippen molar-refractivity contribution in [3.63, 3.8) is 0 Å². The molecule has 4 heterocycles. The third-order valence-electron chi connectivity index (χ3n) is 8.56. The number of anilines is 2. The summed E-state index contributed by atoms with van der Waals surface area (Å²) in [6.07, 6.45) is 4.70. The molecule has 13 heteroatoms. The fraction of sp³-hybridized carbons (Fsp3) is 0.533. The van der Waals surface area contributed by atoms with Crippen LogP contribution in [-0.4, -0.2) is 93.7 Å². The third-order valence-corrected chi connectivity index (χ3v) is 9.05. The maximum atomic E-state index is 15.9. The van der Waals surface area contributed by atoms with Crippen LogP contribution in [0.2, 0.25) is 5.02 Å². The average molecular weight is 617 g/mol. The first kappa shape index (κ1) is 31.2. The molecule has 2 aliphatic heterocycles. The second kappa shape index (κ2) is 13.2. The van der Waals surface area contributed by atoms with Crippen molar-refractivity contribution in [1.82, 2.24) is 29.8 Å². The molecule has 0 radical (unpaired) electrons. The molecule has 0 aliphatic carbocycles. The number of halogens is 3. The summed E-state index contributed by atoms with van der Waals surface area (Å²) in [5.41, 5.74) is 1.84. The van der Waals surface area contributed by atoms with Gasteiger partial charge < -0.3 is 15.0 Å². The highest BCUT2D eigenvalue weighted by molar-refractivity contribution is 6.35. The maximum absolute atomic E-state index is 15.9. The van der Waals surface area contributed by atoms with E-state index in [1.54, 1.807) is 12.3 Å². The molecule has 43 heavy (non-hydrogen) atoms. The van der Waals surface area contributed by atoms with Crippen LogP contribution in [0.1, 0.15) is 55.2 Å². The van der Waals surface area contributed by atoms with Crippen molar-refractivity contribution in [2.24, 2.45) is 0 Å². The van der Waals surface area contributed by atoms with Gasteiger partial charge in [-0.05, 0) is 53.3 Å². The minimum Gasteiger partial charge on any atom is -0.381 e. The fourth-order valence-electron chi connectivity index (χ4n) is 6.18. The monoisotopic (exact) mass is 616 g/mol. The Labute approximate surface area is 255 Å². The van der Waals surface area contributed by atoms with Crippen LogP contribution in [0.15, 0.2) is 24.5 Å². The molecule has 0 unspecified atom stereocenters. The van der Waals surface area contributed by atoms with Gasteiger partial charge in [0.1, 0.15) is 5.69 Å². The molecule has 0 saturated carbocycles. The van der Waals surface area contributed by atoms with Gasteiger partial charge in [0.25, 0.3) is 5.91 Å². The van der Waals surface area contributed by atoms with Crippen LogP contribution in [0.4, 0.5) is 20.2 Å². The number of hydrogen-bond donors (Lipinski definition) is 1. The summed E-state index contributed by atoms with van der Waals surface area (Å²) in [6, 6.07) is 3.79. The van der Waals surface area contributed by atoms with E-state index >= 15 is 4.39 Å². The zero-order valence-electron chi connectivity index (χ0n) is 25.3. The lowest BCUT2D eigenvalue weighted by Gasteiger charge is -2.45. The second-order valence-electron chi connectivity index (χ2n) is 11.5. The Morgan fingerprint density at radius 1 is 1.16 bits per heavy atom. The largest absolute Gasteiger partial charge is 0.381 e. The van der Waals surface area contributed by atoms with Gasteiger partial charge in [-0.25, -0.2) is 14.1 Å². The number of pyridine rings is 1. The Morgan fingerprint density at radius 3 is 2.53 bits per heavy atom. The van der Waals surface area contributed by atoms with Gasteiger partial charge in [0.2, 0.25) is 5.95 Å². The van der Waals surface area contributed by atoms with Gasteiger partial charge in [-0.1, -0.05) is 23.7 Å². The molecule has 0 spiro atoms. The summed E-state index contributed by atoms with van der Waals surface area (Å²) in [6.45, 7) is 12.1. The molecule has 2 fully saturated rings. The molecule has 10 nitrogen and oxygen atoms in total. The number of rotatable bonds is 8. The van der Waals surface area contributed by atoms with E-state index in [0.29, 0.717) is 42.7 Å². The summed E-state index contributed by atoms with van der Waals surface area (Å²) < 4.78 is 36.7. The predicted molar refractivity (Wildman–Crippen MR) is 162 cm³/mol. The van der Waals surface area contributed by atoms with Crippen LogP contribution in [-0.2, 0) is 11.3 Å². The number of nitrogens with one attached hydrogen (secondary N) is 1. The smallest absolute Gasteiger partial charge is 0.258 e. The summed E-state index contributed by atoms with van der Waals surface area (Å²) in [4.78, 5) is 23.8. The van der Waals surface area contributed by atoms with Crippen LogP contribution in [0, 0.1) is 18.7 Å².